The Balaban J connectivity index is 3.64. The van der Waals surface area contributed by atoms with E-state index in [2.05, 4.69) is 16.7 Å². The highest BCUT2D eigenvalue weighted by Gasteiger charge is 2.21. The molecule has 0 spiro atoms. The first-order valence-electron chi connectivity index (χ1n) is 4.62. The van der Waals surface area contributed by atoms with Gasteiger partial charge >= 0.3 is 5.97 Å². The number of carboxylic acids is 1. The lowest BCUT2D eigenvalue weighted by Crippen LogP contribution is -2.20. The van der Waals surface area contributed by atoms with Crippen LogP contribution in [0, 0.1) is 6.92 Å². The molecule has 2 N–H and O–H groups in total. The van der Waals surface area contributed by atoms with Crippen LogP contribution in [0.4, 0.5) is 5.69 Å². The summed E-state index contributed by atoms with van der Waals surface area (Å²) >= 11 is 0. The zero-order chi connectivity index (χ0) is 12.3. The number of aromatic amines is 1. The molecule has 0 aromatic carbocycles. The Morgan fingerprint density at radius 1 is 1.62 bits per heavy atom. The zero-order valence-corrected chi connectivity index (χ0v) is 9.03. The number of hydrogen-bond donors (Lipinski definition) is 2. The lowest BCUT2D eigenvalue weighted by atomic mass is 10.2. The number of aromatic nitrogens is 1. The lowest BCUT2D eigenvalue weighted by molar-refractivity contribution is 0.0690. The number of ether oxygens (including phenoxy) is 1. The van der Waals surface area contributed by atoms with Gasteiger partial charge in [0.2, 0.25) is 0 Å². The van der Waals surface area contributed by atoms with Crippen molar-refractivity contribution >= 4 is 18.4 Å². The third-order valence-corrected chi connectivity index (χ3v) is 1.99. The molecule has 1 rings (SSSR count). The zero-order valence-electron chi connectivity index (χ0n) is 9.03. The van der Waals surface area contributed by atoms with Crippen LogP contribution in [0.3, 0.4) is 0 Å². The molecule has 6 nitrogen and oxygen atoms in total. The summed E-state index contributed by atoms with van der Waals surface area (Å²) in [5, 5.41) is 8.92. The molecule has 0 atom stereocenters. The molecule has 16 heavy (non-hydrogen) atoms. The summed E-state index contributed by atoms with van der Waals surface area (Å²) in [6.45, 7) is 6.85. The summed E-state index contributed by atoms with van der Waals surface area (Å²) < 4.78 is 5.15. The van der Waals surface area contributed by atoms with Crippen LogP contribution in [-0.2, 0) is 0 Å². The number of hydrogen-bond acceptors (Lipinski definition) is 4. The maximum absolute atomic E-state index is 11.5. The van der Waals surface area contributed by atoms with Gasteiger partial charge in [-0.2, -0.15) is 0 Å². The van der Waals surface area contributed by atoms with Gasteiger partial charge < -0.3 is 14.8 Å². The fraction of sp³-hybridized carbons (Fsp3) is 0.300. The SMILES string of the molecule is C=Nc1c(C)[nH]c(=O)c(C(=O)O)c1OCC. The number of nitrogens with zero attached hydrogens (tertiary/aromatic N) is 1. The molecule has 0 fully saturated rings. The van der Waals surface area contributed by atoms with Gasteiger partial charge in [-0.3, -0.25) is 9.79 Å². The van der Waals surface area contributed by atoms with E-state index in [0.717, 1.165) is 0 Å². The minimum Gasteiger partial charge on any atom is -0.490 e. The van der Waals surface area contributed by atoms with Gasteiger partial charge in [0.15, 0.2) is 11.3 Å². The summed E-state index contributed by atoms with van der Waals surface area (Å²) in [5.41, 5.74) is -0.483. The molecule has 1 heterocycles. The van der Waals surface area contributed by atoms with Crippen LogP contribution in [-0.4, -0.2) is 29.4 Å². The summed E-state index contributed by atoms with van der Waals surface area (Å²) in [4.78, 5) is 28.5. The lowest BCUT2D eigenvalue weighted by Gasteiger charge is -2.11. The molecule has 1 aromatic heterocycles. The minimum atomic E-state index is -1.35. The van der Waals surface area contributed by atoms with Gasteiger partial charge in [-0.25, -0.2) is 4.79 Å². The fourth-order valence-electron chi connectivity index (χ4n) is 1.35. The monoisotopic (exact) mass is 224 g/mol. The van der Waals surface area contributed by atoms with Crippen LogP contribution >= 0.6 is 0 Å². The third kappa shape index (κ3) is 1.95. The van der Waals surface area contributed by atoms with Crippen LogP contribution in [0.5, 0.6) is 5.75 Å². The Morgan fingerprint density at radius 3 is 2.69 bits per heavy atom. The van der Waals surface area contributed by atoms with Gasteiger partial charge in [0.1, 0.15) is 5.69 Å². The number of aromatic carboxylic acids is 1. The number of H-pyrrole nitrogens is 1. The Hall–Kier alpha value is -2.11. The third-order valence-electron chi connectivity index (χ3n) is 1.99. The minimum absolute atomic E-state index is 0.0359. The molecule has 0 aliphatic rings. The molecule has 1 aromatic rings. The average molecular weight is 224 g/mol. The molecular weight excluding hydrogens is 212 g/mol. The molecule has 0 saturated carbocycles. The first-order valence-corrected chi connectivity index (χ1v) is 4.62. The molecule has 86 valence electrons. The molecule has 6 heteroatoms. The largest absolute Gasteiger partial charge is 0.490 e. The van der Waals surface area contributed by atoms with Crippen molar-refractivity contribution in [2.75, 3.05) is 6.61 Å². The van der Waals surface area contributed by atoms with Crippen molar-refractivity contribution in [3.63, 3.8) is 0 Å². The molecule has 0 saturated heterocycles. The van der Waals surface area contributed by atoms with Crippen LogP contribution in [0.2, 0.25) is 0 Å². The van der Waals surface area contributed by atoms with Gasteiger partial charge in [0.05, 0.1) is 6.61 Å². The van der Waals surface area contributed by atoms with Crippen LogP contribution < -0.4 is 10.3 Å². The summed E-state index contributed by atoms with van der Waals surface area (Å²) in [6.07, 6.45) is 0. The number of aliphatic imine (C=N–C) groups is 1. The molecule has 0 aliphatic heterocycles. The van der Waals surface area contributed by atoms with E-state index in [0.29, 0.717) is 5.69 Å². The van der Waals surface area contributed by atoms with Crippen molar-refractivity contribution in [1.29, 1.82) is 0 Å². The molecular formula is C10H12N2O4. The summed E-state index contributed by atoms with van der Waals surface area (Å²) in [7, 11) is 0. The van der Waals surface area contributed by atoms with Gasteiger partial charge in [-0.15, -0.1) is 0 Å². The number of aryl methyl sites for hydroxylation is 1. The number of carbonyl (C=O) groups is 1. The van der Waals surface area contributed by atoms with E-state index in [1.165, 1.54) is 0 Å². The number of nitrogens with one attached hydrogen (secondary N) is 1. The highest BCUT2D eigenvalue weighted by molar-refractivity contribution is 5.93. The van der Waals surface area contributed by atoms with Crippen molar-refractivity contribution in [1.82, 2.24) is 4.98 Å². The van der Waals surface area contributed by atoms with Crippen LogP contribution in [0.25, 0.3) is 0 Å². The summed E-state index contributed by atoms with van der Waals surface area (Å²) in [6, 6.07) is 0. The van der Waals surface area contributed by atoms with E-state index in [4.69, 9.17) is 9.84 Å². The second-order valence-corrected chi connectivity index (χ2v) is 3.03. The van der Waals surface area contributed by atoms with E-state index in [1.54, 1.807) is 13.8 Å². The number of pyridine rings is 1. The molecule has 0 unspecified atom stereocenters. The highest BCUT2D eigenvalue weighted by Crippen LogP contribution is 2.31. The smallest absolute Gasteiger partial charge is 0.345 e. The van der Waals surface area contributed by atoms with E-state index >= 15 is 0 Å². The molecule has 0 radical (unpaired) electrons. The summed E-state index contributed by atoms with van der Waals surface area (Å²) in [5.74, 6) is -1.39. The number of carboxylic acid groups (broad SMARTS) is 1. The molecule has 0 bridgehead atoms. The van der Waals surface area contributed by atoms with Crippen LogP contribution in [0.15, 0.2) is 9.79 Å². The standard InChI is InChI=1S/C10H12N2O4/c1-4-16-8-6(10(14)15)9(13)12-5(2)7(8)11-3/h3-4H2,1-2H3,(H,12,13)(H,14,15). The molecule has 0 aliphatic carbocycles. The second kappa shape index (κ2) is 4.61. The van der Waals surface area contributed by atoms with Crippen molar-refractivity contribution in [3.05, 3.63) is 21.6 Å². The Morgan fingerprint density at radius 2 is 2.25 bits per heavy atom. The Kier molecular flexibility index (Phi) is 3.44. The van der Waals surface area contributed by atoms with Crippen molar-refractivity contribution < 1.29 is 14.6 Å². The first kappa shape index (κ1) is 12.0. The van der Waals surface area contributed by atoms with Gasteiger partial charge in [0.25, 0.3) is 5.56 Å². The topological polar surface area (TPSA) is 91.8 Å². The van der Waals surface area contributed by atoms with Crippen molar-refractivity contribution in [3.8, 4) is 5.75 Å². The predicted octanol–water partition coefficient (Wildman–Crippen LogP) is 1.11. The van der Waals surface area contributed by atoms with E-state index in [1.807, 2.05) is 0 Å². The first-order chi connectivity index (χ1) is 7.52. The van der Waals surface area contributed by atoms with Gasteiger partial charge in [-0.05, 0) is 20.6 Å². The Bertz CT molecular complexity index is 490. The Labute approximate surface area is 91.6 Å². The second-order valence-electron chi connectivity index (χ2n) is 3.03. The maximum Gasteiger partial charge on any atom is 0.345 e. The number of rotatable bonds is 4. The molecule has 0 amide bonds. The average Bonchev–Trinajstić information content (AvgIpc) is 2.17. The van der Waals surface area contributed by atoms with Gasteiger partial charge in [0, 0.05) is 5.69 Å². The maximum atomic E-state index is 11.5. The predicted molar refractivity (Wildman–Crippen MR) is 59.1 cm³/mol. The highest BCUT2D eigenvalue weighted by atomic mass is 16.5. The van der Waals surface area contributed by atoms with Crippen molar-refractivity contribution in [2.45, 2.75) is 13.8 Å². The van der Waals surface area contributed by atoms with Gasteiger partial charge in [-0.1, -0.05) is 0 Å². The van der Waals surface area contributed by atoms with Crippen molar-refractivity contribution in [2.24, 2.45) is 4.99 Å². The van der Waals surface area contributed by atoms with Crippen LogP contribution in [0.1, 0.15) is 23.0 Å². The van der Waals surface area contributed by atoms with E-state index < -0.39 is 17.1 Å². The van der Waals surface area contributed by atoms with E-state index in [9.17, 15) is 9.59 Å². The van der Waals surface area contributed by atoms with E-state index in [-0.39, 0.29) is 18.0 Å². The fourth-order valence-corrected chi connectivity index (χ4v) is 1.35. The quantitative estimate of drug-likeness (QED) is 0.749. The normalized spacial score (nSPS) is 9.88.